The van der Waals surface area contributed by atoms with Crippen LogP contribution in [0, 0.1) is 11.8 Å². The van der Waals surface area contributed by atoms with Gasteiger partial charge in [0.15, 0.2) is 5.82 Å². The minimum absolute atomic E-state index is 0.00341. The second-order valence-corrected chi connectivity index (χ2v) is 12.2. The number of pyridine rings is 1. The van der Waals surface area contributed by atoms with Gasteiger partial charge in [0.25, 0.3) is 6.01 Å². The first-order chi connectivity index (χ1) is 19.5. The number of carbonyl (C=O) groups is 1. The van der Waals surface area contributed by atoms with Crippen LogP contribution in [0.1, 0.15) is 44.5 Å². The first-order valence-corrected chi connectivity index (χ1v) is 14.1. The summed E-state index contributed by atoms with van der Waals surface area (Å²) < 4.78 is 66.4. The number of benzene rings is 2. The molecule has 0 aliphatic rings. The minimum atomic E-state index is -1.43. The number of hydrogen-bond donors (Lipinski definition) is 1. The molecule has 11 heteroatoms. The number of esters is 1. The molecule has 1 N–H and O–H groups in total. The quantitative estimate of drug-likeness (QED) is 0.168. The van der Waals surface area contributed by atoms with Gasteiger partial charge in [-0.05, 0) is 57.5 Å². The van der Waals surface area contributed by atoms with Crippen molar-refractivity contribution in [3.8, 4) is 22.6 Å². The topological polar surface area (TPSA) is 106 Å². The van der Waals surface area contributed by atoms with Crippen molar-refractivity contribution in [2.75, 3.05) is 13.7 Å². The van der Waals surface area contributed by atoms with Gasteiger partial charge in [-0.15, -0.1) is 4.72 Å². The summed E-state index contributed by atoms with van der Waals surface area (Å²) in [5.74, 6) is -0.0998. The van der Waals surface area contributed by atoms with Crippen molar-refractivity contribution in [2.45, 2.75) is 52.0 Å². The maximum atomic E-state index is 15.7. The van der Waals surface area contributed by atoms with Crippen molar-refractivity contribution in [1.29, 1.82) is 0 Å². The number of methoxy groups -OCH3 is 1. The van der Waals surface area contributed by atoms with Crippen LogP contribution in [0.4, 0.5) is 8.78 Å². The molecule has 0 saturated carbocycles. The number of hydrogen-bond acceptors (Lipinski definition) is 8. The Hall–Kier alpha value is -3.67. The molecule has 41 heavy (non-hydrogen) atoms. The summed E-state index contributed by atoms with van der Waals surface area (Å²) >= 11 is -1.43. The molecule has 2 aromatic carbocycles. The highest BCUT2D eigenvalue weighted by molar-refractivity contribution is 7.90. The maximum absolute atomic E-state index is 15.7. The molecule has 0 amide bonds. The van der Waals surface area contributed by atoms with E-state index in [4.69, 9.17) is 18.6 Å². The van der Waals surface area contributed by atoms with Crippen LogP contribution in [0.25, 0.3) is 22.1 Å². The highest BCUT2D eigenvalue weighted by atomic mass is 32.2. The average molecular weight is 587 g/mol. The van der Waals surface area contributed by atoms with Gasteiger partial charge in [-0.2, -0.15) is 4.39 Å². The lowest BCUT2D eigenvalue weighted by atomic mass is 10.00. The van der Waals surface area contributed by atoms with Crippen molar-refractivity contribution in [3.05, 3.63) is 77.3 Å². The second kappa shape index (κ2) is 12.9. The third-order valence-corrected chi connectivity index (χ3v) is 7.65. The molecular weight excluding hydrogens is 554 g/mol. The number of furan rings is 1. The number of halogens is 2. The number of carbonyl (C=O) groups excluding carboxylic acids is 1. The molecule has 4 rings (SSSR count). The van der Waals surface area contributed by atoms with Gasteiger partial charge in [0.1, 0.15) is 28.4 Å². The molecule has 1 atom stereocenters. The lowest BCUT2D eigenvalue weighted by Gasteiger charge is -2.23. The summed E-state index contributed by atoms with van der Waals surface area (Å²) in [6.07, 6.45) is 1.44. The van der Waals surface area contributed by atoms with Crippen LogP contribution in [-0.2, 0) is 40.5 Å². The SMILES string of the molecule is CCOC(=O)Cc1ccc(OC)cc1OCc1cc(-c2ccnc(CN[S@+]([O-])C(C)(C)C)c2F)c2oc(F)cc2c1. The van der Waals surface area contributed by atoms with E-state index in [1.807, 2.05) is 0 Å². The fourth-order valence-electron chi connectivity index (χ4n) is 4.11. The van der Waals surface area contributed by atoms with Crippen LogP contribution in [0.3, 0.4) is 0 Å². The Morgan fingerprint density at radius 2 is 1.90 bits per heavy atom. The van der Waals surface area contributed by atoms with Crippen LogP contribution < -0.4 is 14.2 Å². The monoisotopic (exact) mass is 586 g/mol. The predicted octanol–water partition coefficient (Wildman–Crippen LogP) is 6.02. The normalized spacial score (nSPS) is 12.4. The van der Waals surface area contributed by atoms with E-state index in [9.17, 15) is 13.7 Å². The molecule has 0 bridgehead atoms. The van der Waals surface area contributed by atoms with Crippen LogP contribution in [0.2, 0.25) is 0 Å². The molecule has 0 saturated heterocycles. The fraction of sp³-hybridized carbons (Fsp3) is 0.333. The van der Waals surface area contributed by atoms with Gasteiger partial charge in [0, 0.05) is 51.8 Å². The molecule has 0 aliphatic carbocycles. The van der Waals surface area contributed by atoms with Crippen LogP contribution in [0.5, 0.6) is 11.5 Å². The molecule has 8 nitrogen and oxygen atoms in total. The zero-order valence-corrected chi connectivity index (χ0v) is 24.3. The second-order valence-electron chi connectivity index (χ2n) is 10.2. The number of rotatable bonds is 11. The van der Waals surface area contributed by atoms with E-state index in [0.717, 1.165) is 0 Å². The Morgan fingerprint density at radius 1 is 1.12 bits per heavy atom. The highest BCUT2D eigenvalue weighted by Crippen LogP contribution is 2.35. The average Bonchev–Trinajstić information content (AvgIpc) is 3.31. The van der Waals surface area contributed by atoms with E-state index in [1.54, 1.807) is 58.0 Å². The molecule has 4 aromatic rings. The van der Waals surface area contributed by atoms with E-state index >= 15 is 4.39 Å². The van der Waals surface area contributed by atoms with Gasteiger partial charge < -0.3 is 23.2 Å². The fourth-order valence-corrected chi connectivity index (χ4v) is 4.81. The Morgan fingerprint density at radius 3 is 2.61 bits per heavy atom. The maximum Gasteiger partial charge on any atom is 0.310 e. The van der Waals surface area contributed by atoms with E-state index in [0.29, 0.717) is 33.6 Å². The van der Waals surface area contributed by atoms with Crippen molar-refractivity contribution in [1.82, 2.24) is 9.71 Å². The minimum Gasteiger partial charge on any atom is -0.598 e. The predicted molar refractivity (Wildman–Crippen MR) is 152 cm³/mol. The molecule has 0 radical (unpaired) electrons. The standard InChI is InChI=1S/C30H32F2N2O6S/c1-6-38-27(35)14-19-7-8-21(37-5)15-25(19)39-17-18-11-20-13-26(31)40-29(20)23(12-18)22-9-10-33-24(28(22)32)16-34-41(36)30(2,3)4/h7-13,15,34H,6,14,16-17H2,1-5H3/t41-/m1/s1. The van der Waals surface area contributed by atoms with Gasteiger partial charge >= 0.3 is 5.97 Å². The van der Waals surface area contributed by atoms with Gasteiger partial charge in [-0.1, -0.05) is 6.07 Å². The van der Waals surface area contributed by atoms with Crippen LogP contribution in [-0.4, -0.2) is 34.0 Å². The van der Waals surface area contributed by atoms with E-state index in [-0.39, 0.29) is 43.0 Å². The lowest BCUT2D eigenvalue weighted by molar-refractivity contribution is -0.142. The van der Waals surface area contributed by atoms with Gasteiger partial charge in [0.05, 0.1) is 32.4 Å². The first kappa shape index (κ1) is 30.3. The summed E-state index contributed by atoms with van der Waals surface area (Å²) in [6, 6.07) is 10.3. The largest absolute Gasteiger partial charge is 0.598 e. The van der Waals surface area contributed by atoms with Crippen molar-refractivity contribution >= 4 is 28.3 Å². The molecule has 0 fully saturated rings. The Labute approximate surface area is 240 Å². The van der Waals surface area contributed by atoms with Crippen molar-refractivity contribution in [2.24, 2.45) is 0 Å². The molecule has 2 heterocycles. The van der Waals surface area contributed by atoms with Gasteiger partial charge in [0.2, 0.25) is 0 Å². The van der Waals surface area contributed by atoms with E-state index in [1.165, 1.54) is 25.4 Å². The highest BCUT2D eigenvalue weighted by Gasteiger charge is 2.27. The summed E-state index contributed by atoms with van der Waals surface area (Å²) in [7, 11) is 1.52. The zero-order valence-electron chi connectivity index (χ0n) is 23.5. The zero-order chi connectivity index (χ0) is 29.7. The van der Waals surface area contributed by atoms with E-state index in [2.05, 4.69) is 9.71 Å². The molecule has 0 aliphatic heterocycles. The molecule has 0 spiro atoms. The number of ether oxygens (including phenoxy) is 3. The Balaban J connectivity index is 1.66. The van der Waals surface area contributed by atoms with Gasteiger partial charge in [-0.25, -0.2) is 4.39 Å². The van der Waals surface area contributed by atoms with Crippen LogP contribution >= 0.6 is 0 Å². The third kappa shape index (κ3) is 7.35. The smallest absolute Gasteiger partial charge is 0.310 e. The molecule has 2 aromatic heterocycles. The first-order valence-electron chi connectivity index (χ1n) is 13.0. The Kier molecular flexibility index (Phi) is 9.52. The lowest BCUT2D eigenvalue weighted by Crippen LogP contribution is -2.39. The summed E-state index contributed by atoms with van der Waals surface area (Å²) in [5, 5.41) is 0.417. The number of fused-ring (bicyclic) bond motifs is 1. The van der Waals surface area contributed by atoms with Crippen molar-refractivity contribution < 1.29 is 36.8 Å². The molecule has 0 unspecified atom stereocenters. The van der Waals surface area contributed by atoms with Gasteiger partial charge in [-0.3, -0.25) is 9.78 Å². The third-order valence-electron chi connectivity index (χ3n) is 6.13. The van der Waals surface area contributed by atoms with Crippen molar-refractivity contribution in [3.63, 3.8) is 0 Å². The molecule has 218 valence electrons. The molecular formula is C30H32F2N2O6S. The summed E-state index contributed by atoms with van der Waals surface area (Å²) in [6.45, 7) is 7.35. The number of nitrogens with zero attached hydrogens (tertiary/aromatic N) is 1. The van der Waals surface area contributed by atoms with Crippen LogP contribution in [0.15, 0.2) is 53.1 Å². The van der Waals surface area contributed by atoms with E-state index < -0.39 is 33.9 Å². The number of nitrogens with one attached hydrogen (secondary N) is 1. The summed E-state index contributed by atoms with van der Waals surface area (Å²) in [5.41, 5.74) is 1.87. The number of aromatic nitrogens is 1. The Bertz CT molecular complexity index is 1540. The summed E-state index contributed by atoms with van der Waals surface area (Å²) in [4.78, 5) is 16.2.